The number of nitrogens with two attached hydrogens (primary N) is 3. The van der Waals surface area contributed by atoms with E-state index >= 15 is 0 Å². The van der Waals surface area contributed by atoms with Crippen LogP contribution in [0.2, 0.25) is 0 Å². The van der Waals surface area contributed by atoms with Crippen LogP contribution >= 0.6 is 0 Å². The molecule has 0 radical (unpaired) electrons. The number of aliphatic carboxylic acids is 2. The molecule has 5 amide bonds. The Morgan fingerprint density at radius 1 is 0.733 bits per heavy atom. The molecule has 15 heteroatoms. The minimum atomic E-state index is -1.60. The summed E-state index contributed by atoms with van der Waals surface area (Å²) >= 11 is 0. The first-order valence-corrected chi connectivity index (χ1v) is 8.47. The highest BCUT2D eigenvalue weighted by molar-refractivity contribution is 5.97. The Morgan fingerprint density at radius 2 is 1.20 bits per heavy atom. The van der Waals surface area contributed by atoms with Gasteiger partial charge in [-0.05, 0) is 6.42 Å². The zero-order valence-electron chi connectivity index (χ0n) is 15.8. The summed E-state index contributed by atoms with van der Waals surface area (Å²) in [6.45, 7) is -0.802. The molecule has 0 saturated carbocycles. The normalized spacial score (nSPS) is 13.2. The molecule has 30 heavy (non-hydrogen) atoms. The van der Waals surface area contributed by atoms with Crippen molar-refractivity contribution in [1.29, 1.82) is 0 Å². The van der Waals surface area contributed by atoms with Gasteiger partial charge in [-0.2, -0.15) is 0 Å². The molecule has 0 aromatic rings. The quantitative estimate of drug-likeness (QED) is 0.129. The predicted octanol–water partition coefficient (Wildman–Crippen LogP) is -4.90. The van der Waals surface area contributed by atoms with Crippen molar-refractivity contribution in [2.24, 2.45) is 17.2 Å². The summed E-state index contributed by atoms with van der Waals surface area (Å²) in [7, 11) is 0. The van der Waals surface area contributed by atoms with Crippen LogP contribution in [0.4, 0.5) is 0 Å². The molecule has 3 unspecified atom stereocenters. The van der Waals surface area contributed by atoms with Crippen molar-refractivity contribution in [3.05, 3.63) is 0 Å². The van der Waals surface area contributed by atoms with Gasteiger partial charge in [0.25, 0.3) is 0 Å². The molecule has 0 spiro atoms. The maximum absolute atomic E-state index is 12.4. The number of hydrogen-bond acceptors (Lipinski definition) is 8. The van der Waals surface area contributed by atoms with Gasteiger partial charge in [0.2, 0.25) is 29.5 Å². The van der Waals surface area contributed by atoms with Gasteiger partial charge in [-0.25, -0.2) is 0 Å². The van der Waals surface area contributed by atoms with E-state index in [9.17, 15) is 33.6 Å². The molecule has 0 saturated heterocycles. The number of carboxylic acids is 2. The number of primary amides is 2. The molecule has 0 heterocycles. The Morgan fingerprint density at radius 3 is 1.63 bits per heavy atom. The minimum absolute atomic E-state index is 0.256. The molecule has 0 aliphatic carbocycles. The van der Waals surface area contributed by atoms with Gasteiger partial charge in [-0.1, -0.05) is 0 Å². The van der Waals surface area contributed by atoms with Crippen molar-refractivity contribution in [2.45, 2.75) is 43.8 Å². The first kappa shape index (κ1) is 26.2. The average molecular weight is 432 g/mol. The third-order valence-corrected chi connectivity index (χ3v) is 3.50. The number of nitrogens with one attached hydrogen (secondary N) is 3. The van der Waals surface area contributed by atoms with Gasteiger partial charge in [0.05, 0.1) is 18.9 Å². The van der Waals surface area contributed by atoms with E-state index in [4.69, 9.17) is 27.4 Å². The molecule has 11 N–H and O–H groups in total. The van der Waals surface area contributed by atoms with Crippen molar-refractivity contribution in [3.8, 4) is 0 Å². The zero-order chi connectivity index (χ0) is 23.4. The number of carbonyl (C=O) groups is 7. The Labute approximate surface area is 169 Å². The van der Waals surface area contributed by atoms with Crippen LogP contribution in [0.25, 0.3) is 0 Å². The summed E-state index contributed by atoms with van der Waals surface area (Å²) < 4.78 is 0. The third-order valence-electron chi connectivity index (χ3n) is 3.50. The second kappa shape index (κ2) is 12.7. The lowest BCUT2D eigenvalue weighted by atomic mass is 10.1. The molecule has 15 nitrogen and oxygen atoms in total. The number of carboxylic acid groups (broad SMARTS) is 2. The monoisotopic (exact) mass is 432 g/mol. The van der Waals surface area contributed by atoms with Gasteiger partial charge in [0.15, 0.2) is 0 Å². The molecule has 0 fully saturated rings. The van der Waals surface area contributed by atoms with E-state index in [0.29, 0.717) is 0 Å². The molecule has 0 aromatic carbocycles. The zero-order valence-corrected chi connectivity index (χ0v) is 15.8. The highest BCUT2D eigenvalue weighted by Gasteiger charge is 2.30. The lowest BCUT2D eigenvalue weighted by Gasteiger charge is -2.22. The Balaban J connectivity index is 5.26. The van der Waals surface area contributed by atoms with E-state index in [1.807, 2.05) is 5.32 Å². The summed E-state index contributed by atoms with van der Waals surface area (Å²) in [6, 6.07) is -4.51. The number of rotatable bonds is 14. The van der Waals surface area contributed by atoms with E-state index < -0.39 is 85.4 Å². The Bertz CT molecular complexity index is 711. The minimum Gasteiger partial charge on any atom is -0.481 e. The third kappa shape index (κ3) is 11.2. The SMILES string of the molecule is NC(=O)CC(NC(=O)C(N)CCC(=O)O)C(=O)NC(CC(N)=O)C(=O)NCC(=O)O. The maximum atomic E-state index is 12.4. The summed E-state index contributed by atoms with van der Waals surface area (Å²) in [6.07, 6.45) is -2.09. The topological polar surface area (TPSA) is 274 Å². The van der Waals surface area contributed by atoms with E-state index in [1.54, 1.807) is 0 Å². The number of amides is 5. The summed E-state index contributed by atoms with van der Waals surface area (Å²) in [5.41, 5.74) is 15.6. The second-order valence-corrected chi connectivity index (χ2v) is 6.11. The molecule has 0 rings (SSSR count). The van der Waals surface area contributed by atoms with Crippen LogP contribution in [-0.4, -0.2) is 76.4 Å². The lowest BCUT2D eigenvalue weighted by Crippen LogP contribution is -2.57. The molecule has 0 bridgehead atoms. The van der Waals surface area contributed by atoms with Gasteiger partial charge in [0.1, 0.15) is 18.6 Å². The predicted molar refractivity (Wildman–Crippen MR) is 97.0 cm³/mol. The highest BCUT2D eigenvalue weighted by Crippen LogP contribution is 2.01. The summed E-state index contributed by atoms with van der Waals surface area (Å²) in [5, 5.41) is 23.3. The molecular weight excluding hydrogens is 408 g/mol. The average Bonchev–Trinajstić information content (AvgIpc) is 2.61. The van der Waals surface area contributed by atoms with Gasteiger partial charge in [-0.15, -0.1) is 0 Å². The molecule has 3 atom stereocenters. The van der Waals surface area contributed by atoms with Crippen molar-refractivity contribution in [2.75, 3.05) is 6.54 Å². The van der Waals surface area contributed by atoms with Crippen LogP contribution < -0.4 is 33.2 Å². The van der Waals surface area contributed by atoms with Gasteiger partial charge >= 0.3 is 11.9 Å². The van der Waals surface area contributed by atoms with E-state index in [-0.39, 0.29) is 6.42 Å². The maximum Gasteiger partial charge on any atom is 0.322 e. The Hall–Kier alpha value is -3.75. The van der Waals surface area contributed by atoms with Crippen LogP contribution in [0.3, 0.4) is 0 Å². The van der Waals surface area contributed by atoms with Crippen LogP contribution in [0.1, 0.15) is 25.7 Å². The lowest BCUT2D eigenvalue weighted by molar-refractivity contribution is -0.139. The Kier molecular flexibility index (Phi) is 11.1. The smallest absolute Gasteiger partial charge is 0.322 e. The number of hydrogen-bond donors (Lipinski definition) is 8. The van der Waals surface area contributed by atoms with Gasteiger partial charge < -0.3 is 43.4 Å². The van der Waals surface area contributed by atoms with E-state index in [2.05, 4.69) is 10.6 Å². The van der Waals surface area contributed by atoms with E-state index in [1.165, 1.54) is 0 Å². The van der Waals surface area contributed by atoms with Crippen molar-refractivity contribution >= 4 is 41.5 Å². The standard InChI is InChI=1S/C15H24N6O9/c16-6(1-2-11(24)25)13(28)20-8(4-10(18)23)15(30)21-7(3-9(17)22)14(29)19-5-12(26)27/h6-8H,1-5,16H2,(H2,17,22)(H2,18,23)(H,19,29)(H,20,28)(H,21,30)(H,24,25)(H,26,27). The number of carbonyl (C=O) groups excluding carboxylic acids is 5. The molecular formula is C15H24N6O9. The highest BCUT2D eigenvalue weighted by atomic mass is 16.4. The second-order valence-electron chi connectivity index (χ2n) is 6.11. The van der Waals surface area contributed by atoms with Crippen molar-refractivity contribution < 1.29 is 43.8 Å². The first-order chi connectivity index (χ1) is 13.8. The molecule has 168 valence electrons. The van der Waals surface area contributed by atoms with Gasteiger partial charge in [0, 0.05) is 6.42 Å². The van der Waals surface area contributed by atoms with E-state index in [0.717, 1.165) is 0 Å². The summed E-state index contributed by atoms with van der Waals surface area (Å²) in [4.78, 5) is 79.9. The molecule has 0 aromatic heterocycles. The van der Waals surface area contributed by atoms with Gasteiger partial charge in [-0.3, -0.25) is 33.6 Å². The fourth-order valence-electron chi connectivity index (χ4n) is 2.07. The van der Waals surface area contributed by atoms with Crippen LogP contribution in [0.5, 0.6) is 0 Å². The largest absolute Gasteiger partial charge is 0.481 e. The van der Waals surface area contributed by atoms with Crippen LogP contribution in [0, 0.1) is 0 Å². The fourth-order valence-corrected chi connectivity index (χ4v) is 2.07. The fraction of sp³-hybridized carbons (Fsp3) is 0.533. The van der Waals surface area contributed by atoms with Crippen LogP contribution in [-0.2, 0) is 33.6 Å². The van der Waals surface area contributed by atoms with Crippen LogP contribution in [0.15, 0.2) is 0 Å². The molecule has 0 aliphatic heterocycles. The first-order valence-electron chi connectivity index (χ1n) is 8.47. The molecule has 0 aliphatic rings. The van der Waals surface area contributed by atoms with Crippen molar-refractivity contribution in [1.82, 2.24) is 16.0 Å². The van der Waals surface area contributed by atoms with Crippen molar-refractivity contribution in [3.63, 3.8) is 0 Å². The summed E-state index contributed by atoms with van der Waals surface area (Å²) in [5.74, 6) is -7.71.